The molecule has 1 saturated heterocycles. The number of carbonyl (C=O) groups is 3. The first-order chi connectivity index (χ1) is 13.4. The number of nitrogens with zero attached hydrogens (tertiary/aromatic N) is 2. The Hall–Kier alpha value is -3.35. The molecule has 2 N–H and O–H groups in total. The van der Waals surface area contributed by atoms with E-state index in [9.17, 15) is 14.4 Å². The van der Waals surface area contributed by atoms with Gasteiger partial charge >= 0.3 is 0 Å². The topological polar surface area (TPSA) is 81.8 Å². The molecule has 28 heavy (non-hydrogen) atoms. The van der Waals surface area contributed by atoms with Gasteiger partial charge < -0.3 is 20.4 Å². The van der Waals surface area contributed by atoms with Crippen LogP contribution in [0.1, 0.15) is 23.2 Å². The molecule has 0 saturated carbocycles. The van der Waals surface area contributed by atoms with E-state index in [1.165, 1.54) is 4.90 Å². The fraction of sp³-hybridized carbons (Fsp3) is 0.286. The molecule has 1 aliphatic heterocycles. The van der Waals surface area contributed by atoms with Gasteiger partial charge in [0.05, 0.1) is 6.54 Å². The van der Waals surface area contributed by atoms with Gasteiger partial charge in [-0.3, -0.25) is 14.4 Å². The highest BCUT2D eigenvalue weighted by atomic mass is 16.2. The van der Waals surface area contributed by atoms with E-state index in [0.717, 1.165) is 24.3 Å². The molecule has 0 atom stereocenters. The van der Waals surface area contributed by atoms with Crippen molar-refractivity contribution < 1.29 is 14.4 Å². The average Bonchev–Trinajstić information content (AvgIpc) is 3.12. The number of hydrogen-bond donors (Lipinski definition) is 2. The molecule has 0 radical (unpaired) electrons. The molecule has 7 nitrogen and oxygen atoms in total. The molecule has 0 spiro atoms. The minimum atomic E-state index is -0.215. The lowest BCUT2D eigenvalue weighted by molar-refractivity contribution is -0.117. The van der Waals surface area contributed by atoms with Gasteiger partial charge in [-0.1, -0.05) is 6.07 Å². The average molecular weight is 380 g/mol. The maximum absolute atomic E-state index is 12.2. The first-order valence-corrected chi connectivity index (χ1v) is 9.20. The third-order valence-electron chi connectivity index (χ3n) is 4.50. The van der Waals surface area contributed by atoms with E-state index >= 15 is 0 Å². The third kappa shape index (κ3) is 4.68. The Kier molecular flexibility index (Phi) is 5.93. The van der Waals surface area contributed by atoms with Crippen LogP contribution in [0.4, 0.5) is 17.1 Å². The zero-order chi connectivity index (χ0) is 20.1. The van der Waals surface area contributed by atoms with Gasteiger partial charge in [-0.25, -0.2) is 0 Å². The molecule has 1 heterocycles. The van der Waals surface area contributed by atoms with E-state index in [0.29, 0.717) is 17.7 Å². The lowest BCUT2D eigenvalue weighted by atomic mass is 10.2. The SMILES string of the molecule is CN(C)C(=O)c1cccc(NC(=O)CNc2ccc(N3CCCC3=O)cc2)c1. The molecule has 0 aliphatic carbocycles. The second kappa shape index (κ2) is 8.56. The number of nitrogens with one attached hydrogen (secondary N) is 2. The summed E-state index contributed by atoms with van der Waals surface area (Å²) in [5.74, 6) is -0.186. The number of carbonyl (C=O) groups excluding carboxylic acids is 3. The number of hydrogen-bond acceptors (Lipinski definition) is 4. The van der Waals surface area contributed by atoms with Crippen LogP contribution in [0.15, 0.2) is 48.5 Å². The summed E-state index contributed by atoms with van der Waals surface area (Å²) in [5, 5.41) is 5.84. The quantitative estimate of drug-likeness (QED) is 0.807. The fourth-order valence-corrected chi connectivity index (χ4v) is 3.06. The summed E-state index contributed by atoms with van der Waals surface area (Å²) in [5.41, 5.74) is 2.76. The Morgan fingerprint density at radius 2 is 1.82 bits per heavy atom. The van der Waals surface area contributed by atoms with Gasteiger partial charge in [0.15, 0.2) is 0 Å². The predicted octanol–water partition coefficient (Wildman–Crippen LogP) is 2.57. The first-order valence-electron chi connectivity index (χ1n) is 9.20. The Labute approximate surface area is 164 Å². The van der Waals surface area contributed by atoms with Crippen molar-refractivity contribution in [3.63, 3.8) is 0 Å². The third-order valence-corrected chi connectivity index (χ3v) is 4.50. The Morgan fingerprint density at radius 1 is 1.07 bits per heavy atom. The van der Waals surface area contributed by atoms with Crippen molar-refractivity contribution in [2.24, 2.45) is 0 Å². The molecular formula is C21H24N4O3. The number of rotatable bonds is 6. The second-order valence-electron chi connectivity index (χ2n) is 6.88. The van der Waals surface area contributed by atoms with E-state index < -0.39 is 0 Å². The Balaban J connectivity index is 1.54. The summed E-state index contributed by atoms with van der Waals surface area (Å²) < 4.78 is 0. The monoisotopic (exact) mass is 380 g/mol. The van der Waals surface area contributed by atoms with Crippen molar-refractivity contribution in [1.82, 2.24) is 4.90 Å². The lowest BCUT2D eigenvalue weighted by Crippen LogP contribution is -2.24. The van der Waals surface area contributed by atoms with Crippen molar-refractivity contribution in [3.8, 4) is 0 Å². The summed E-state index contributed by atoms with van der Waals surface area (Å²) in [6.07, 6.45) is 1.49. The fourth-order valence-electron chi connectivity index (χ4n) is 3.06. The highest BCUT2D eigenvalue weighted by Gasteiger charge is 2.21. The van der Waals surface area contributed by atoms with E-state index in [-0.39, 0.29) is 24.3 Å². The van der Waals surface area contributed by atoms with Crippen molar-refractivity contribution in [2.45, 2.75) is 12.8 Å². The van der Waals surface area contributed by atoms with Crippen molar-refractivity contribution in [2.75, 3.05) is 42.7 Å². The van der Waals surface area contributed by atoms with Crippen molar-refractivity contribution in [3.05, 3.63) is 54.1 Å². The minimum absolute atomic E-state index is 0.0911. The molecule has 2 aromatic carbocycles. The summed E-state index contributed by atoms with van der Waals surface area (Å²) >= 11 is 0. The maximum Gasteiger partial charge on any atom is 0.253 e. The minimum Gasteiger partial charge on any atom is -0.376 e. The van der Waals surface area contributed by atoms with Crippen LogP contribution in [-0.2, 0) is 9.59 Å². The van der Waals surface area contributed by atoms with Crippen LogP contribution in [0.2, 0.25) is 0 Å². The molecule has 0 aromatic heterocycles. The van der Waals surface area contributed by atoms with Crippen LogP contribution < -0.4 is 15.5 Å². The molecule has 7 heteroatoms. The van der Waals surface area contributed by atoms with Gasteiger partial charge in [0.2, 0.25) is 11.8 Å². The largest absolute Gasteiger partial charge is 0.376 e. The zero-order valence-electron chi connectivity index (χ0n) is 16.1. The number of benzene rings is 2. The number of amides is 3. The van der Waals surface area contributed by atoms with Gasteiger partial charge in [0, 0.05) is 49.7 Å². The highest BCUT2D eigenvalue weighted by molar-refractivity contribution is 5.98. The standard InChI is InChI=1S/C21H24N4O3/c1-24(2)21(28)15-5-3-6-17(13-15)23-19(26)14-22-16-8-10-18(11-9-16)25-12-4-7-20(25)27/h3,5-6,8-11,13,22H,4,7,12,14H2,1-2H3,(H,23,26). The van der Waals surface area contributed by atoms with Gasteiger partial charge in [-0.05, 0) is 48.9 Å². The number of anilines is 3. The summed E-state index contributed by atoms with van der Waals surface area (Å²) in [4.78, 5) is 39.3. The Morgan fingerprint density at radius 3 is 2.46 bits per heavy atom. The summed E-state index contributed by atoms with van der Waals surface area (Å²) in [6.45, 7) is 0.844. The molecule has 146 valence electrons. The van der Waals surface area contributed by atoms with Crippen LogP contribution in [0, 0.1) is 0 Å². The van der Waals surface area contributed by atoms with Crippen LogP contribution in [0.3, 0.4) is 0 Å². The lowest BCUT2D eigenvalue weighted by Gasteiger charge is -2.16. The van der Waals surface area contributed by atoms with E-state index in [1.54, 1.807) is 43.3 Å². The van der Waals surface area contributed by atoms with Crippen molar-refractivity contribution in [1.29, 1.82) is 0 Å². The molecule has 2 aromatic rings. The summed E-state index contributed by atoms with van der Waals surface area (Å²) in [6, 6.07) is 14.3. The van der Waals surface area contributed by atoms with Gasteiger partial charge in [-0.15, -0.1) is 0 Å². The summed E-state index contributed by atoms with van der Waals surface area (Å²) in [7, 11) is 3.37. The van der Waals surface area contributed by atoms with Crippen LogP contribution in [0.25, 0.3) is 0 Å². The molecule has 1 fully saturated rings. The van der Waals surface area contributed by atoms with Crippen LogP contribution in [-0.4, -0.2) is 49.8 Å². The first kappa shape index (κ1) is 19.4. The van der Waals surface area contributed by atoms with E-state index in [1.807, 2.05) is 24.3 Å². The zero-order valence-corrected chi connectivity index (χ0v) is 16.1. The van der Waals surface area contributed by atoms with Gasteiger partial charge in [0.25, 0.3) is 5.91 Å². The molecule has 3 amide bonds. The second-order valence-corrected chi connectivity index (χ2v) is 6.88. The molecule has 0 unspecified atom stereocenters. The molecule has 1 aliphatic rings. The smallest absolute Gasteiger partial charge is 0.253 e. The predicted molar refractivity (Wildman–Crippen MR) is 110 cm³/mol. The highest BCUT2D eigenvalue weighted by Crippen LogP contribution is 2.23. The molecule has 0 bridgehead atoms. The molecular weight excluding hydrogens is 356 g/mol. The van der Waals surface area contributed by atoms with Gasteiger partial charge in [-0.2, -0.15) is 0 Å². The van der Waals surface area contributed by atoms with Gasteiger partial charge in [0.1, 0.15) is 0 Å². The van der Waals surface area contributed by atoms with Crippen molar-refractivity contribution >= 4 is 34.8 Å². The van der Waals surface area contributed by atoms with E-state index in [2.05, 4.69) is 10.6 Å². The normalized spacial score (nSPS) is 13.4. The van der Waals surface area contributed by atoms with E-state index in [4.69, 9.17) is 0 Å². The maximum atomic E-state index is 12.2. The van der Waals surface area contributed by atoms with Crippen LogP contribution in [0.5, 0.6) is 0 Å². The Bertz CT molecular complexity index is 877. The molecule has 3 rings (SSSR count). The van der Waals surface area contributed by atoms with Crippen LogP contribution >= 0.6 is 0 Å².